The zero-order valence-electron chi connectivity index (χ0n) is 17.0. The molecule has 8 nitrogen and oxygen atoms in total. The summed E-state index contributed by atoms with van der Waals surface area (Å²) >= 11 is 0. The summed E-state index contributed by atoms with van der Waals surface area (Å²) in [5.74, 6) is -1.01. The van der Waals surface area contributed by atoms with Gasteiger partial charge in [0.2, 0.25) is 0 Å². The number of nitrogens with zero attached hydrogens (tertiary/aromatic N) is 2. The number of amides is 2. The van der Waals surface area contributed by atoms with E-state index in [2.05, 4.69) is 5.10 Å². The number of imide groups is 1. The average Bonchev–Trinajstić information content (AvgIpc) is 3.06. The predicted octanol–water partition coefficient (Wildman–Crippen LogP) is 3.60. The zero-order valence-corrected chi connectivity index (χ0v) is 17.0. The number of carbonyl (C=O) groups excluding carboxylic acids is 2. The number of methoxy groups -OCH3 is 1. The van der Waals surface area contributed by atoms with Crippen LogP contribution in [-0.4, -0.2) is 41.2 Å². The maximum Gasteiger partial charge on any atom is 0.335 e. The molecule has 0 bridgehead atoms. The van der Waals surface area contributed by atoms with Crippen molar-refractivity contribution in [3.63, 3.8) is 0 Å². The number of aromatic carboxylic acids is 1. The van der Waals surface area contributed by atoms with Crippen LogP contribution < -0.4 is 9.47 Å². The molecule has 0 spiro atoms. The largest absolute Gasteiger partial charge is 0.493 e. The lowest BCUT2D eigenvalue weighted by Gasteiger charge is -2.12. The van der Waals surface area contributed by atoms with Crippen LogP contribution in [0.25, 0.3) is 0 Å². The highest BCUT2D eigenvalue weighted by Crippen LogP contribution is 2.29. The molecule has 4 rings (SSSR count). The first kappa shape index (κ1) is 20.8. The van der Waals surface area contributed by atoms with Crippen molar-refractivity contribution in [3.8, 4) is 11.5 Å². The Morgan fingerprint density at radius 2 is 1.62 bits per heavy atom. The lowest BCUT2D eigenvalue weighted by molar-refractivity contribution is 0.0656. The van der Waals surface area contributed by atoms with Gasteiger partial charge >= 0.3 is 5.97 Å². The number of carboxylic acid groups (broad SMARTS) is 1. The molecule has 160 valence electrons. The Morgan fingerprint density at radius 1 is 0.969 bits per heavy atom. The molecule has 0 saturated carbocycles. The van der Waals surface area contributed by atoms with Gasteiger partial charge in [-0.15, -0.1) is 0 Å². The van der Waals surface area contributed by atoms with E-state index < -0.39 is 17.8 Å². The van der Waals surface area contributed by atoms with Gasteiger partial charge in [-0.05, 0) is 53.6 Å². The molecule has 1 N–H and O–H groups in total. The van der Waals surface area contributed by atoms with E-state index in [9.17, 15) is 14.4 Å². The van der Waals surface area contributed by atoms with Crippen molar-refractivity contribution in [1.82, 2.24) is 5.01 Å². The molecule has 32 heavy (non-hydrogen) atoms. The minimum absolute atomic E-state index is 0.202. The second-order valence-electron chi connectivity index (χ2n) is 6.91. The normalized spacial score (nSPS) is 12.8. The zero-order chi connectivity index (χ0) is 22.7. The van der Waals surface area contributed by atoms with Crippen molar-refractivity contribution in [2.24, 2.45) is 5.10 Å². The Bertz CT molecular complexity index is 1200. The monoisotopic (exact) mass is 430 g/mol. The summed E-state index contributed by atoms with van der Waals surface area (Å²) in [7, 11) is 1.49. The number of carboxylic acids is 1. The molecule has 3 aromatic carbocycles. The van der Waals surface area contributed by atoms with Crippen LogP contribution in [0.1, 0.15) is 42.2 Å². The number of rotatable bonds is 7. The highest BCUT2D eigenvalue weighted by molar-refractivity contribution is 6.21. The minimum Gasteiger partial charge on any atom is -0.493 e. The highest BCUT2D eigenvalue weighted by Gasteiger charge is 2.35. The van der Waals surface area contributed by atoms with Gasteiger partial charge in [0.1, 0.15) is 6.61 Å². The van der Waals surface area contributed by atoms with Crippen molar-refractivity contribution < 1.29 is 29.0 Å². The van der Waals surface area contributed by atoms with Crippen LogP contribution in [0.4, 0.5) is 0 Å². The smallest absolute Gasteiger partial charge is 0.335 e. The second-order valence-corrected chi connectivity index (χ2v) is 6.91. The average molecular weight is 430 g/mol. The van der Waals surface area contributed by atoms with E-state index >= 15 is 0 Å². The molecule has 0 fully saturated rings. The van der Waals surface area contributed by atoms with Gasteiger partial charge in [-0.2, -0.15) is 10.1 Å². The number of ether oxygens (including phenoxy) is 2. The molecule has 1 heterocycles. The quantitative estimate of drug-likeness (QED) is 0.454. The SMILES string of the molecule is COc1cc(/C=N\N2C(=O)c3ccccc3C2=O)ccc1OCc1ccc(C(=O)O)cc1. The fraction of sp³-hybridized carbons (Fsp3) is 0.0833. The third-order valence-corrected chi connectivity index (χ3v) is 4.88. The molecule has 1 aliphatic rings. The summed E-state index contributed by atoms with van der Waals surface area (Å²) in [4.78, 5) is 35.7. The molecule has 0 aliphatic carbocycles. The molecule has 0 saturated heterocycles. The third kappa shape index (κ3) is 4.06. The molecule has 0 aromatic heterocycles. The molecule has 8 heteroatoms. The van der Waals surface area contributed by atoms with E-state index in [4.69, 9.17) is 14.6 Å². The Balaban J connectivity index is 1.46. The molecular formula is C24H18N2O6. The Kier molecular flexibility index (Phi) is 5.67. The topological polar surface area (TPSA) is 106 Å². The van der Waals surface area contributed by atoms with Crippen molar-refractivity contribution in [3.05, 3.63) is 94.5 Å². The first-order chi connectivity index (χ1) is 15.5. The second kappa shape index (κ2) is 8.73. The lowest BCUT2D eigenvalue weighted by Crippen LogP contribution is -2.23. The summed E-state index contributed by atoms with van der Waals surface area (Å²) in [6, 6.07) is 18.0. The predicted molar refractivity (Wildman–Crippen MR) is 115 cm³/mol. The van der Waals surface area contributed by atoms with E-state index in [0.717, 1.165) is 10.6 Å². The third-order valence-electron chi connectivity index (χ3n) is 4.88. The Morgan fingerprint density at radius 3 is 2.22 bits per heavy atom. The summed E-state index contributed by atoms with van der Waals surface area (Å²) in [6.07, 6.45) is 1.40. The molecule has 1 aliphatic heterocycles. The van der Waals surface area contributed by atoms with Gasteiger partial charge in [-0.1, -0.05) is 24.3 Å². The van der Waals surface area contributed by atoms with Gasteiger partial charge in [0.25, 0.3) is 11.8 Å². The van der Waals surface area contributed by atoms with Crippen LogP contribution in [0.15, 0.2) is 71.8 Å². The van der Waals surface area contributed by atoms with Crippen LogP contribution in [0.3, 0.4) is 0 Å². The molecule has 0 radical (unpaired) electrons. The lowest BCUT2D eigenvalue weighted by atomic mass is 10.1. The fourth-order valence-corrected chi connectivity index (χ4v) is 3.19. The van der Waals surface area contributed by atoms with E-state index in [1.165, 1.54) is 25.5 Å². The fourth-order valence-electron chi connectivity index (χ4n) is 3.19. The maximum atomic E-state index is 12.4. The number of fused-ring (bicyclic) bond motifs is 1. The van der Waals surface area contributed by atoms with Crippen LogP contribution in [0.2, 0.25) is 0 Å². The summed E-state index contributed by atoms with van der Waals surface area (Å²) in [6.45, 7) is 0.221. The van der Waals surface area contributed by atoms with Gasteiger partial charge in [0.15, 0.2) is 11.5 Å². The number of benzene rings is 3. The van der Waals surface area contributed by atoms with Crippen LogP contribution in [-0.2, 0) is 6.61 Å². The standard InChI is InChI=1S/C24H18N2O6/c1-31-21-12-16(13-25-26-22(27)18-4-2-3-5-19(18)23(26)28)8-11-20(21)32-14-15-6-9-17(10-7-15)24(29)30/h2-13H,14H2,1H3,(H,29,30)/b25-13-. The van der Waals surface area contributed by atoms with Crippen LogP contribution in [0.5, 0.6) is 11.5 Å². The first-order valence-electron chi connectivity index (χ1n) is 9.63. The molecule has 3 aromatic rings. The number of hydrogen-bond acceptors (Lipinski definition) is 6. The maximum absolute atomic E-state index is 12.4. The van der Waals surface area contributed by atoms with Crippen LogP contribution >= 0.6 is 0 Å². The van der Waals surface area contributed by atoms with Gasteiger partial charge in [-0.3, -0.25) is 9.59 Å². The van der Waals surface area contributed by atoms with Gasteiger partial charge in [0, 0.05) is 0 Å². The minimum atomic E-state index is -0.988. The van der Waals surface area contributed by atoms with Crippen molar-refractivity contribution in [2.45, 2.75) is 6.61 Å². The summed E-state index contributed by atoms with van der Waals surface area (Å²) in [5, 5.41) is 13.9. The van der Waals surface area contributed by atoms with E-state index in [1.54, 1.807) is 54.6 Å². The van der Waals surface area contributed by atoms with Gasteiger partial charge in [-0.25, -0.2) is 4.79 Å². The highest BCUT2D eigenvalue weighted by atomic mass is 16.5. The number of carbonyl (C=O) groups is 3. The summed E-state index contributed by atoms with van der Waals surface area (Å²) in [5.41, 5.74) is 2.26. The first-order valence-corrected chi connectivity index (χ1v) is 9.63. The van der Waals surface area contributed by atoms with E-state index in [1.807, 2.05) is 0 Å². The molecular weight excluding hydrogens is 412 g/mol. The molecule has 0 atom stereocenters. The molecule has 0 unspecified atom stereocenters. The number of hydrogen-bond donors (Lipinski definition) is 1. The van der Waals surface area contributed by atoms with Gasteiger partial charge < -0.3 is 14.6 Å². The molecule has 2 amide bonds. The van der Waals surface area contributed by atoms with Crippen molar-refractivity contribution in [2.75, 3.05) is 7.11 Å². The Labute approximate surface area is 183 Å². The van der Waals surface area contributed by atoms with Crippen molar-refractivity contribution in [1.29, 1.82) is 0 Å². The number of hydrazone groups is 1. The van der Waals surface area contributed by atoms with E-state index in [0.29, 0.717) is 28.2 Å². The summed E-state index contributed by atoms with van der Waals surface area (Å²) < 4.78 is 11.2. The Hall–Kier alpha value is -4.46. The van der Waals surface area contributed by atoms with Crippen molar-refractivity contribution >= 4 is 24.0 Å². The van der Waals surface area contributed by atoms with Crippen LogP contribution in [0, 0.1) is 0 Å². The van der Waals surface area contributed by atoms with E-state index in [-0.39, 0.29) is 12.2 Å². The van der Waals surface area contributed by atoms with Gasteiger partial charge in [0.05, 0.1) is 30.0 Å².